The van der Waals surface area contributed by atoms with Crippen molar-refractivity contribution >= 4 is 21.6 Å². The van der Waals surface area contributed by atoms with E-state index in [-0.39, 0.29) is 0 Å². The van der Waals surface area contributed by atoms with Crippen LogP contribution in [0.4, 0.5) is 5.69 Å². The van der Waals surface area contributed by atoms with Gasteiger partial charge in [-0.25, -0.2) is 0 Å². The molecule has 1 saturated heterocycles. The first kappa shape index (κ1) is 36.8. The molecule has 0 N–H and O–H groups in total. The number of benzene rings is 3. The number of nitrogens with zero attached hydrogens (tertiary/aromatic N) is 4. The summed E-state index contributed by atoms with van der Waals surface area (Å²) in [6, 6.07) is 23.2. The highest BCUT2D eigenvalue weighted by molar-refractivity contribution is 9.10. The third-order valence-corrected chi connectivity index (χ3v) is 10.0. The molecule has 0 amide bonds. The first-order valence-electron chi connectivity index (χ1n) is 17.1. The van der Waals surface area contributed by atoms with Crippen LogP contribution in [0.5, 0.6) is 34.5 Å². The predicted octanol–water partition coefficient (Wildman–Crippen LogP) is 8.30. The second kappa shape index (κ2) is 17.0. The molecule has 10 nitrogen and oxygen atoms in total. The molecule has 0 spiro atoms. The van der Waals surface area contributed by atoms with Crippen molar-refractivity contribution in [2.75, 3.05) is 60.6 Å². The van der Waals surface area contributed by atoms with Crippen LogP contribution in [0.2, 0.25) is 0 Å². The number of likely N-dealkylation sites (tertiary alicyclic amines) is 1. The first-order valence-corrected chi connectivity index (χ1v) is 17.9. The summed E-state index contributed by atoms with van der Waals surface area (Å²) in [5.74, 6) is 3.54. The Balaban J connectivity index is 1.19. The summed E-state index contributed by atoms with van der Waals surface area (Å²) in [6.07, 6.45) is 7.76. The van der Waals surface area contributed by atoms with Gasteiger partial charge >= 0.3 is 0 Å². The summed E-state index contributed by atoms with van der Waals surface area (Å²) in [5, 5.41) is 0. The lowest BCUT2D eigenvalue weighted by molar-refractivity contribution is 0.200. The van der Waals surface area contributed by atoms with E-state index in [0.29, 0.717) is 40.5 Å². The lowest BCUT2D eigenvalue weighted by Crippen LogP contribution is -2.44. The summed E-state index contributed by atoms with van der Waals surface area (Å²) in [7, 11) is 9.72. The summed E-state index contributed by atoms with van der Waals surface area (Å²) in [5.41, 5.74) is 7.20. The summed E-state index contributed by atoms with van der Waals surface area (Å²) in [6.45, 7) is 3.50. The Labute approximate surface area is 314 Å². The van der Waals surface area contributed by atoms with E-state index in [4.69, 9.17) is 33.4 Å². The SMILES string of the molecule is COc1cc(-c2cncc(CN3CCC(N(Cc4ccnc(-c5cc(OC)c(OC)c(OC)c5)c4)c4ccc(Br)cc4)CC3)c2)cc(OC)c1OC. The lowest BCUT2D eigenvalue weighted by atomic mass is 9.99. The smallest absolute Gasteiger partial charge is 0.203 e. The number of methoxy groups -OCH3 is 6. The molecule has 1 aliphatic rings. The minimum absolute atomic E-state index is 0.360. The molecule has 272 valence electrons. The zero-order valence-corrected chi connectivity index (χ0v) is 32.1. The van der Waals surface area contributed by atoms with Crippen LogP contribution in [0.3, 0.4) is 0 Å². The molecule has 52 heavy (non-hydrogen) atoms. The van der Waals surface area contributed by atoms with Gasteiger partial charge in [0.15, 0.2) is 23.0 Å². The van der Waals surface area contributed by atoms with E-state index in [1.54, 1.807) is 42.7 Å². The fourth-order valence-electron chi connectivity index (χ4n) is 6.85. The Morgan fingerprint density at radius 3 is 1.79 bits per heavy atom. The van der Waals surface area contributed by atoms with Crippen LogP contribution in [-0.2, 0) is 13.1 Å². The Morgan fingerprint density at radius 1 is 0.654 bits per heavy atom. The van der Waals surface area contributed by atoms with Crippen LogP contribution in [0, 0.1) is 0 Å². The van der Waals surface area contributed by atoms with Crippen LogP contribution in [0.1, 0.15) is 24.0 Å². The van der Waals surface area contributed by atoms with Crippen LogP contribution < -0.4 is 33.3 Å². The van der Waals surface area contributed by atoms with Gasteiger partial charge < -0.3 is 33.3 Å². The number of pyridine rings is 2. The average molecular weight is 770 g/mol. The third-order valence-electron chi connectivity index (χ3n) is 9.49. The molecule has 11 heteroatoms. The van der Waals surface area contributed by atoms with Crippen molar-refractivity contribution in [3.63, 3.8) is 0 Å². The van der Waals surface area contributed by atoms with E-state index >= 15 is 0 Å². The zero-order valence-electron chi connectivity index (χ0n) is 30.5. The van der Waals surface area contributed by atoms with E-state index in [9.17, 15) is 0 Å². The van der Waals surface area contributed by atoms with Crippen molar-refractivity contribution < 1.29 is 28.4 Å². The first-order chi connectivity index (χ1) is 25.4. The van der Waals surface area contributed by atoms with Gasteiger partial charge in [-0.15, -0.1) is 0 Å². The van der Waals surface area contributed by atoms with Crippen LogP contribution in [0.15, 0.2) is 89.8 Å². The lowest BCUT2D eigenvalue weighted by Gasteiger charge is -2.40. The molecule has 0 bridgehead atoms. The number of anilines is 1. The van der Waals surface area contributed by atoms with Gasteiger partial charge in [0, 0.05) is 72.1 Å². The number of piperidine rings is 1. The molecule has 1 fully saturated rings. The number of hydrogen-bond acceptors (Lipinski definition) is 10. The van der Waals surface area contributed by atoms with E-state index in [0.717, 1.165) is 71.4 Å². The zero-order chi connectivity index (χ0) is 36.6. The van der Waals surface area contributed by atoms with E-state index in [2.05, 4.69) is 73.2 Å². The van der Waals surface area contributed by atoms with Gasteiger partial charge in [-0.2, -0.15) is 0 Å². The highest BCUT2D eigenvalue weighted by Gasteiger charge is 2.26. The number of hydrogen-bond donors (Lipinski definition) is 0. The van der Waals surface area contributed by atoms with E-state index < -0.39 is 0 Å². The number of aromatic nitrogens is 2. The van der Waals surface area contributed by atoms with Crippen molar-refractivity contribution in [1.82, 2.24) is 14.9 Å². The van der Waals surface area contributed by atoms with Crippen molar-refractivity contribution in [2.45, 2.75) is 32.0 Å². The largest absolute Gasteiger partial charge is 0.493 e. The fraction of sp³-hybridized carbons (Fsp3) is 0.317. The molecule has 6 rings (SSSR count). The van der Waals surface area contributed by atoms with Crippen LogP contribution in [-0.4, -0.2) is 76.7 Å². The molecule has 3 heterocycles. The molecule has 0 atom stereocenters. The second-order valence-electron chi connectivity index (χ2n) is 12.6. The maximum atomic E-state index is 5.61. The molecule has 3 aromatic carbocycles. The fourth-order valence-corrected chi connectivity index (χ4v) is 7.11. The number of halogens is 1. The predicted molar refractivity (Wildman–Crippen MR) is 207 cm³/mol. The van der Waals surface area contributed by atoms with Gasteiger partial charge in [-0.05, 0) is 96.3 Å². The molecular weight excluding hydrogens is 724 g/mol. The maximum Gasteiger partial charge on any atom is 0.203 e. The summed E-state index contributed by atoms with van der Waals surface area (Å²) < 4.78 is 34.5. The Kier molecular flexibility index (Phi) is 12.0. The number of ether oxygens (including phenoxy) is 6. The van der Waals surface area contributed by atoms with Gasteiger partial charge in [0.1, 0.15) is 0 Å². The monoisotopic (exact) mass is 768 g/mol. The standard InChI is InChI=1S/C41H45BrN4O6/c1-47-36-19-29(20-37(48-2)40(36)51-5)31-17-28(23-43-24-31)25-45-15-12-34(13-16-45)46(33-9-7-32(42)8-10-33)26-27-11-14-44-35(18-27)30-21-38(49-3)41(52-6)39(22-30)50-4/h7-11,14,17-24,34H,12-13,15-16,25-26H2,1-6H3. The van der Waals surface area contributed by atoms with E-state index in [1.807, 2.05) is 42.9 Å². The molecule has 0 saturated carbocycles. The second-order valence-corrected chi connectivity index (χ2v) is 13.5. The van der Waals surface area contributed by atoms with Gasteiger partial charge in [-0.3, -0.25) is 14.9 Å². The van der Waals surface area contributed by atoms with Crippen molar-refractivity contribution in [3.05, 3.63) is 101 Å². The minimum Gasteiger partial charge on any atom is -0.493 e. The van der Waals surface area contributed by atoms with Crippen molar-refractivity contribution in [3.8, 4) is 56.9 Å². The average Bonchev–Trinajstić information content (AvgIpc) is 3.19. The minimum atomic E-state index is 0.360. The van der Waals surface area contributed by atoms with Gasteiger partial charge in [0.25, 0.3) is 0 Å². The molecule has 5 aromatic rings. The molecule has 0 aliphatic carbocycles. The Hall–Kier alpha value is -5.00. The molecular formula is C41H45BrN4O6. The summed E-state index contributed by atoms with van der Waals surface area (Å²) in [4.78, 5) is 14.4. The molecule has 2 aromatic heterocycles. The quantitative estimate of drug-likeness (QED) is 0.110. The third kappa shape index (κ3) is 8.21. The van der Waals surface area contributed by atoms with Crippen LogP contribution >= 0.6 is 15.9 Å². The molecule has 0 radical (unpaired) electrons. The number of rotatable bonds is 14. The van der Waals surface area contributed by atoms with Crippen LogP contribution in [0.25, 0.3) is 22.4 Å². The highest BCUT2D eigenvalue weighted by atomic mass is 79.9. The van der Waals surface area contributed by atoms with Crippen molar-refractivity contribution in [1.29, 1.82) is 0 Å². The Bertz CT molecular complexity index is 1920. The van der Waals surface area contributed by atoms with Crippen molar-refractivity contribution in [2.24, 2.45) is 0 Å². The van der Waals surface area contributed by atoms with E-state index in [1.165, 1.54) is 11.3 Å². The van der Waals surface area contributed by atoms with Gasteiger partial charge in [-0.1, -0.05) is 15.9 Å². The Morgan fingerprint density at radius 2 is 1.23 bits per heavy atom. The van der Waals surface area contributed by atoms with Gasteiger partial charge in [0.2, 0.25) is 11.5 Å². The maximum absolute atomic E-state index is 5.61. The molecule has 0 unspecified atom stereocenters. The highest BCUT2D eigenvalue weighted by Crippen LogP contribution is 2.42. The molecule has 1 aliphatic heterocycles. The summed E-state index contributed by atoms with van der Waals surface area (Å²) >= 11 is 3.62. The normalized spacial score (nSPS) is 13.4. The topological polar surface area (TPSA) is 87.6 Å². The van der Waals surface area contributed by atoms with Gasteiger partial charge in [0.05, 0.1) is 48.4 Å².